The van der Waals surface area contributed by atoms with Crippen molar-refractivity contribution < 1.29 is 32.9 Å². The summed E-state index contributed by atoms with van der Waals surface area (Å²) in [6, 6.07) is 12.1. The van der Waals surface area contributed by atoms with Crippen molar-refractivity contribution in [2.75, 3.05) is 6.54 Å². The van der Waals surface area contributed by atoms with Gasteiger partial charge in [0, 0.05) is 13.5 Å². The van der Waals surface area contributed by atoms with E-state index in [1.54, 1.807) is 6.07 Å². The molecule has 0 bridgehead atoms. The molecule has 0 saturated carbocycles. The standard InChI is InChI=1S/C29H38FNO6/c1-17(2)33-26-24-25(36-29(6,7)35-24)27(37-28(26,4)5)34-22-12-11-19(13-14-31-18(3)32)23(16-22)20-9-8-10-21(30)15-20/h8-12,15-17,24-27H,13-14H2,1-7H3,(H,31,32)/t24-,25+,26+,27+/m0/s1. The first kappa shape index (κ1) is 27.5. The Kier molecular flexibility index (Phi) is 7.95. The van der Waals surface area contributed by atoms with Crippen LogP contribution < -0.4 is 10.1 Å². The molecule has 2 heterocycles. The Bertz CT molecular complexity index is 1120. The first-order valence-corrected chi connectivity index (χ1v) is 12.8. The second-order valence-corrected chi connectivity index (χ2v) is 10.9. The van der Waals surface area contributed by atoms with Crippen LogP contribution >= 0.6 is 0 Å². The number of halogens is 1. The van der Waals surface area contributed by atoms with Crippen molar-refractivity contribution in [3.05, 3.63) is 53.8 Å². The molecule has 1 N–H and O–H groups in total. The van der Waals surface area contributed by atoms with Gasteiger partial charge in [-0.25, -0.2) is 4.39 Å². The summed E-state index contributed by atoms with van der Waals surface area (Å²) in [6.45, 7) is 13.6. The van der Waals surface area contributed by atoms with Crippen molar-refractivity contribution in [2.45, 2.75) is 97.0 Å². The smallest absolute Gasteiger partial charge is 0.229 e. The van der Waals surface area contributed by atoms with Gasteiger partial charge in [-0.1, -0.05) is 18.2 Å². The van der Waals surface area contributed by atoms with Crippen LogP contribution in [0.4, 0.5) is 4.39 Å². The first-order valence-electron chi connectivity index (χ1n) is 12.8. The van der Waals surface area contributed by atoms with Crippen LogP contribution in [-0.2, 0) is 30.2 Å². The molecule has 0 aromatic heterocycles. The molecule has 0 unspecified atom stereocenters. The van der Waals surface area contributed by atoms with Gasteiger partial charge in [-0.3, -0.25) is 4.79 Å². The van der Waals surface area contributed by atoms with Crippen molar-refractivity contribution in [2.24, 2.45) is 0 Å². The average molecular weight is 516 g/mol. The maximum Gasteiger partial charge on any atom is 0.229 e. The fourth-order valence-corrected chi connectivity index (χ4v) is 5.00. The first-order chi connectivity index (χ1) is 17.3. The lowest BCUT2D eigenvalue weighted by Gasteiger charge is -2.47. The largest absolute Gasteiger partial charge is 0.462 e. The summed E-state index contributed by atoms with van der Waals surface area (Å²) in [4.78, 5) is 11.4. The SMILES string of the molecule is CC(=O)NCCc1ccc(O[C@@H]2OC(C)(C)[C@H](OC(C)C)[C@H]3OC(C)(C)O[C@@H]23)cc1-c1cccc(F)c1. The minimum atomic E-state index is -0.820. The van der Waals surface area contributed by atoms with Gasteiger partial charge in [0.15, 0.2) is 11.9 Å². The highest BCUT2D eigenvalue weighted by molar-refractivity contribution is 5.73. The van der Waals surface area contributed by atoms with E-state index in [0.29, 0.717) is 18.7 Å². The molecular formula is C29H38FNO6. The maximum atomic E-state index is 14.1. The predicted molar refractivity (Wildman–Crippen MR) is 138 cm³/mol. The van der Waals surface area contributed by atoms with E-state index in [2.05, 4.69) is 5.32 Å². The summed E-state index contributed by atoms with van der Waals surface area (Å²) in [5.41, 5.74) is 1.79. The van der Waals surface area contributed by atoms with Crippen LogP contribution in [0.15, 0.2) is 42.5 Å². The van der Waals surface area contributed by atoms with E-state index in [9.17, 15) is 9.18 Å². The Morgan fingerprint density at radius 1 is 1.05 bits per heavy atom. The lowest BCUT2D eigenvalue weighted by atomic mass is 9.89. The zero-order valence-corrected chi connectivity index (χ0v) is 22.7. The second-order valence-electron chi connectivity index (χ2n) is 10.9. The van der Waals surface area contributed by atoms with Gasteiger partial charge in [0.05, 0.1) is 11.7 Å². The molecule has 2 aliphatic rings. The minimum Gasteiger partial charge on any atom is -0.462 e. The third-order valence-corrected chi connectivity index (χ3v) is 6.49. The molecule has 2 aliphatic heterocycles. The molecule has 2 saturated heterocycles. The Morgan fingerprint density at radius 2 is 1.78 bits per heavy atom. The van der Waals surface area contributed by atoms with E-state index < -0.39 is 23.8 Å². The maximum absolute atomic E-state index is 14.1. The Balaban J connectivity index is 1.64. The predicted octanol–water partition coefficient (Wildman–Crippen LogP) is 5.00. The molecule has 2 aromatic rings. The minimum absolute atomic E-state index is 0.0165. The lowest BCUT2D eigenvalue weighted by molar-refractivity contribution is -0.292. The molecule has 4 atom stereocenters. The van der Waals surface area contributed by atoms with Crippen LogP contribution in [0.5, 0.6) is 5.75 Å². The van der Waals surface area contributed by atoms with E-state index in [-0.39, 0.29) is 30.0 Å². The van der Waals surface area contributed by atoms with Crippen LogP contribution in [0.2, 0.25) is 0 Å². The third kappa shape index (κ3) is 6.49. The molecule has 202 valence electrons. The highest BCUT2D eigenvalue weighted by Crippen LogP contribution is 2.43. The number of ether oxygens (including phenoxy) is 5. The van der Waals surface area contributed by atoms with Crippen molar-refractivity contribution in [3.63, 3.8) is 0 Å². The summed E-state index contributed by atoms with van der Waals surface area (Å²) in [5, 5.41) is 2.82. The zero-order chi connectivity index (χ0) is 27.0. The van der Waals surface area contributed by atoms with Crippen molar-refractivity contribution >= 4 is 5.91 Å². The molecule has 2 aromatic carbocycles. The average Bonchev–Trinajstić information content (AvgIpc) is 3.12. The number of carbonyl (C=O) groups excluding carboxylic acids is 1. The van der Waals surface area contributed by atoms with Crippen molar-refractivity contribution in [1.82, 2.24) is 5.32 Å². The fraction of sp³-hybridized carbons (Fsp3) is 0.552. The number of benzene rings is 2. The number of hydrogen-bond donors (Lipinski definition) is 1. The number of amides is 1. The normalized spacial score (nSPS) is 26.1. The molecule has 7 nitrogen and oxygen atoms in total. The number of hydrogen-bond acceptors (Lipinski definition) is 6. The number of fused-ring (bicyclic) bond motifs is 1. The van der Waals surface area contributed by atoms with Crippen LogP contribution in [-0.4, -0.2) is 54.5 Å². The molecular weight excluding hydrogens is 477 g/mol. The molecule has 2 fully saturated rings. The van der Waals surface area contributed by atoms with Crippen LogP contribution in [0.1, 0.15) is 54.0 Å². The highest BCUT2D eigenvalue weighted by Gasteiger charge is 2.59. The lowest BCUT2D eigenvalue weighted by Crippen LogP contribution is -2.63. The van der Waals surface area contributed by atoms with Gasteiger partial charge in [0.25, 0.3) is 0 Å². The Hall–Kier alpha value is -2.52. The topological polar surface area (TPSA) is 75.3 Å². The van der Waals surface area contributed by atoms with E-state index in [1.165, 1.54) is 19.1 Å². The number of carbonyl (C=O) groups is 1. The fourth-order valence-electron chi connectivity index (χ4n) is 5.00. The summed E-state index contributed by atoms with van der Waals surface area (Å²) in [5.74, 6) is -0.690. The van der Waals surface area contributed by atoms with Crippen LogP contribution in [0, 0.1) is 5.82 Å². The van der Waals surface area contributed by atoms with Gasteiger partial charge in [0.2, 0.25) is 12.2 Å². The Labute approximate surface area is 218 Å². The summed E-state index contributed by atoms with van der Waals surface area (Å²) < 4.78 is 45.6. The zero-order valence-electron chi connectivity index (χ0n) is 22.7. The number of rotatable bonds is 8. The summed E-state index contributed by atoms with van der Waals surface area (Å²) in [7, 11) is 0. The van der Waals surface area contributed by atoms with Crippen LogP contribution in [0.3, 0.4) is 0 Å². The van der Waals surface area contributed by atoms with Crippen LogP contribution in [0.25, 0.3) is 11.1 Å². The summed E-state index contributed by atoms with van der Waals surface area (Å²) in [6.07, 6.45) is -1.42. The van der Waals surface area contributed by atoms with Gasteiger partial charge >= 0.3 is 0 Å². The van der Waals surface area contributed by atoms with Crippen molar-refractivity contribution in [1.29, 1.82) is 0 Å². The second kappa shape index (κ2) is 10.7. The van der Waals surface area contributed by atoms with E-state index in [4.69, 9.17) is 23.7 Å². The van der Waals surface area contributed by atoms with Gasteiger partial charge < -0.3 is 29.0 Å². The summed E-state index contributed by atoms with van der Waals surface area (Å²) >= 11 is 0. The highest BCUT2D eigenvalue weighted by atomic mass is 19.1. The monoisotopic (exact) mass is 515 g/mol. The molecule has 0 radical (unpaired) electrons. The number of nitrogens with one attached hydrogen (secondary N) is 1. The van der Waals surface area contributed by atoms with Gasteiger partial charge in [-0.05, 0) is 88.9 Å². The Morgan fingerprint density at radius 3 is 2.46 bits per heavy atom. The van der Waals surface area contributed by atoms with E-state index >= 15 is 0 Å². The van der Waals surface area contributed by atoms with Gasteiger partial charge in [-0.15, -0.1) is 0 Å². The molecule has 8 heteroatoms. The molecule has 0 aliphatic carbocycles. The van der Waals surface area contributed by atoms with Gasteiger partial charge in [-0.2, -0.15) is 0 Å². The third-order valence-electron chi connectivity index (χ3n) is 6.49. The molecule has 0 spiro atoms. The molecule has 1 amide bonds. The van der Waals surface area contributed by atoms with Crippen molar-refractivity contribution in [3.8, 4) is 16.9 Å². The van der Waals surface area contributed by atoms with E-state index in [0.717, 1.165) is 16.7 Å². The molecule has 37 heavy (non-hydrogen) atoms. The quantitative estimate of drug-likeness (QED) is 0.534. The van der Waals surface area contributed by atoms with Gasteiger partial charge in [0.1, 0.15) is 23.8 Å². The van der Waals surface area contributed by atoms with E-state index in [1.807, 2.05) is 65.8 Å². The molecule has 4 rings (SSSR count).